The number of benzene rings is 2. The van der Waals surface area contributed by atoms with Crippen LogP contribution in [0.15, 0.2) is 50.1 Å². The molecule has 0 fully saturated rings. The summed E-state index contributed by atoms with van der Waals surface area (Å²) in [6.45, 7) is 6.47. The quantitative estimate of drug-likeness (QED) is 0.248. The Morgan fingerprint density at radius 1 is 1.00 bits per heavy atom. The van der Waals surface area contributed by atoms with E-state index in [1.54, 1.807) is 23.1 Å². The van der Waals surface area contributed by atoms with Gasteiger partial charge in [-0.3, -0.25) is 9.59 Å². The van der Waals surface area contributed by atoms with E-state index in [-0.39, 0.29) is 17.1 Å². The molecule has 198 valence electrons. The predicted octanol–water partition coefficient (Wildman–Crippen LogP) is 6.02. The number of hydrogen-bond donors (Lipinski definition) is 0. The van der Waals surface area contributed by atoms with Crippen LogP contribution in [0.25, 0.3) is 11.0 Å². The molecule has 0 radical (unpaired) electrons. The van der Waals surface area contributed by atoms with Crippen molar-refractivity contribution < 1.29 is 18.7 Å². The number of halogens is 1. The zero-order chi connectivity index (χ0) is 26.5. The largest absolute Gasteiger partial charge is 0.490 e. The van der Waals surface area contributed by atoms with Crippen molar-refractivity contribution in [3.63, 3.8) is 0 Å². The summed E-state index contributed by atoms with van der Waals surface area (Å²) in [6.07, 6.45) is 3.95. The fourth-order valence-electron chi connectivity index (χ4n) is 4.74. The average Bonchev–Trinajstić information content (AvgIpc) is 3.15. The smallest absolute Gasteiger partial charge is 0.290 e. The third kappa shape index (κ3) is 5.85. The molecule has 2 heterocycles. The molecule has 3 aromatic rings. The average molecular weight is 572 g/mol. The molecule has 0 aliphatic carbocycles. The van der Waals surface area contributed by atoms with Gasteiger partial charge in [0.15, 0.2) is 16.9 Å². The van der Waals surface area contributed by atoms with Crippen molar-refractivity contribution in [3.05, 3.63) is 68.0 Å². The van der Waals surface area contributed by atoms with Crippen LogP contribution in [0.1, 0.15) is 67.3 Å². The summed E-state index contributed by atoms with van der Waals surface area (Å²) in [5.41, 5.74) is 1.38. The molecular weight excluding hydrogens is 536 g/mol. The number of ether oxygens (including phenoxy) is 2. The Morgan fingerprint density at radius 2 is 1.81 bits per heavy atom. The van der Waals surface area contributed by atoms with Crippen LogP contribution in [0.3, 0.4) is 0 Å². The Labute approximate surface area is 226 Å². The number of carbonyl (C=O) groups is 1. The number of nitrogens with zero attached hydrogens (tertiary/aromatic N) is 2. The minimum Gasteiger partial charge on any atom is -0.490 e. The van der Waals surface area contributed by atoms with Crippen LogP contribution in [0.4, 0.5) is 0 Å². The lowest BCUT2D eigenvalue weighted by Crippen LogP contribution is -2.32. The van der Waals surface area contributed by atoms with Gasteiger partial charge in [0.1, 0.15) is 5.58 Å². The molecule has 1 aliphatic heterocycles. The fourth-order valence-corrected chi connectivity index (χ4v) is 5.10. The molecule has 1 amide bonds. The lowest BCUT2D eigenvalue weighted by molar-refractivity contribution is 0.0722. The van der Waals surface area contributed by atoms with E-state index in [2.05, 4.69) is 27.8 Å². The Kier molecular flexibility index (Phi) is 8.92. The standard InChI is InChI=1S/C29H35BrN2O5/c1-5-7-8-16-36-23-12-10-19(17-24(23)35-6-2)26-25-27(33)21-18-20(30)11-13-22(21)37-28(25)29(34)32(26)15-9-14-31(3)4/h10-13,17-18,26H,5-9,14-16H2,1-4H3. The zero-order valence-electron chi connectivity index (χ0n) is 22.0. The maximum absolute atomic E-state index is 13.8. The van der Waals surface area contributed by atoms with Crippen molar-refractivity contribution in [2.75, 3.05) is 40.4 Å². The summed E-state index contributed by atoms with van der Waals surface area (Å²) in [5, 5.41) is 0.446. The maximum Gasteiger partial charge on any atom is 0.290 e. The van der Waals surface area contributed by atoms with E-state index in [1.165, 1.54) is 0 Å². The summed E-state index contributed by atoms with van der Waals surface area (Å²) in [5.74, 6) is 1.13. The van der Waals surface area contributed by atoms with Gasteiger partial charge < -0.3 is 23.7 Å². The Bertz CT molecular complexity index is 1320. The molecule has 1 aromatic heterocycles. The van der Waals surface area contributed by atoms with Crippen LogP contribution in [0, 0.1) is 0 Å². The number of carbonyl (C=O) groups excluding carboxylic acids is 1. The van der Waals surface area contributed by atoms with Gasteiger partial charge in [-0.15, -0.1) is 0 Å². The third-order valence-corrected chi connectivity index (χ3v) is 7.01. The van der Waals surface area contributed by atoms with Crippen LogP contribution in [0.2, 0.25) is 0 Å². The molecule has 0 spiro atoms. The van der Waals surface area contributed by atoms with E-state index in [4.69, 9.17) is 13.9 Å². The van der Waals surface area contributed by atoms with E-state index in [0.717, 1.165) is 42.3 Å². The highest BCUT2D eigenvalue weighted by Gasteiger charge is 2.42. The third-order valence-electron chi connectivity index (χ3n) is 6.52. The van der Waals surface area contributed by atoms with Gasteiger partial charge in [-0.05, 0) is 76.3 Å². The topological polar surface area (TPSA) is 72.2 Å². The molecule has 1 atom stereocenters. The van der Waals surface area contributed by atoms with Crippen molar-refractivity contribution >= 4 is 32.8 Å². The SMILES string of the molecule is CCCCCOc1ccc(C2c3c(oc4ccc(Br)cc4c3=O)C(=O)N2CCCN(C)C)cc1OCC. The molecule has 0 saturated carbocycles. The highest BCUT2D eigenvalue weighted by molar-refractivity contribution is 9.10. The molecule has 0 bridgehead atoms. The van der Waals surface area contributed by atoms with Gasteiger partial charge in [0.2, 0.25) is 5.76 Å². The van der Waals surface area contributed by atoms with Gasteiger partial charge in [-0.1, -0.05) is 41.8 Å². The van der Waals surface area contributed by atoms with Crippen LogP contribution in [-0.2, 0) is 0 Å². The highest BCUT2D eigenvalue weighted by Crippen LogP contribution is 2.41. The Morgan fingerprint density at radius 3 is 2.54 bits per heavy atom. The zero-order valence-corrected chi connectivity index (χ0v) is 23.6. The number of rotatable bonds is 12. The van der Waals surface area contributed by atoms with Crippen molar-refractivity contribution in [3.8, 4) is 11.5 Å². The Balaban J connectivity index is 1.80. The van der Waals surface area contributed by atoms with E-state index in [9.17, 15) is 9.59 Å². The van der Waals surface area contributed by atoms with Gasteiger partial charge in [0.05, 0.1) is 30.2 Å². The van der Waals surface area contributed by atoms with Gasteiger partial charge in [-0.2, -0.15) is 0 Å². The lowest BCUT2D eigenvalue weighted by atomic mass is 9.98. The van der Waals surface area contributed by atoms with E-state index >= 15 is 0 Å². The normalized spacial score (nSPS) is 15.0. The van der Waals surface area contributed by atoms with Crippen molar-refractivity contribution in [1.82, 2.24) is 9.80 Å². The second kappa shape index (κ2) is 12.1. The van der Waals surface area contributed by atoms with Gasteiger partial charge in [0.25, 0.3) is 5.91 Å². The molecule has 37 heavy (non-hydrogen) atoms. The molecule has 8 heteroatoms. The molecular formula is C29H35BrN2O5. The summed E-state index contributed by atoms with van der Waals surface area (Å²) in [6, 6.07) is 10.4. The predicted molar refractivity (Wildman–Crippen MR) is 149 cm³/mol. The summed E-state index contributed by atoms with van der Waals surface area (Å²) in [4.78, 5) is 31.2. The molecule has 1 aliphatic rings. The number of amides is 1. The van der Waals surface area contributed by atoms with Crippen molar-refractivity contribution in [2.24, 2.45) is 0 Å². The number of unbranched alkanes of at least 4 members (excludes halogenated alkanes) is 2. The van der Waals surface area contributed by atoms with Crippen molar-refractivity contribution in [1.29, 1.82) is 0 Å². The second-order valence-electron chi connectivity index (χ2n) is 9.57. The monoisotopic (exact) mass is 570 g/mol. The van der Waals surface area contributed by atoms with Crippen LogP contribution in [0.5, 0.6) is 11.5 Å². The van der Waals surface area contributed by atoms with Gasteiger partial charge >= 0.3 is 0 Å². The summed E-state index contributed by atoms with van der Waals surface area (Å²) < 4.78 is 18.8. The van der Waals surface area contributed by atoms with Gasteiger partial charge in [0, 0.05) is 11.0 Å². The molecule has 1 unspecified atom stereocenters. The van der Waals surface area contributed by atoms with Gasteiger partial charge in [-0.25, -0.2) is 0 Å². The van der Waals surface area contributed by atoms with Crippen LogP contribution < -0.4 is 14.9 Å². The fraction of sp³-hybridized carbons (Fsp3) is 0.448. The second-order valence-corrected chi connectivity index (χ2v) is 10.5. The summed E-state index contributed by atoms with van der Waals surface area (Å²) in [7, 11) is 4.00. The van der Waals surface area contributed by atoms with Crippen LogP contribution in [-0.4, -0.2) is 56.1 Å². The Hall–Kier alpha value is -2.84. The van der Waals surface area contributed by atoms with Crippen LogP contribution >= 0.6 is 15.9 Å². The molecule has 7 nitrogen and oxygen atoms in total. The highest BCUT2D eigenvalue weighted by atomic mass is 79.9. The molecule has 4 rings (SSSR count). The van der Waals surface area contributed by atoms with E-state index in [0.29, 0.717) is 47.8 Å². The van der Waals surface area contributed by atoms with E-state index in [1.807, 2.05) is 39.2 Å². The summed E-state index contributed by atoms with van der Waals surface area (Å²) >= 11 is 3.45. The lowest BCUT2D eigenvalue weighted by Gasteiger charge is -2.26. The maximum atomic E-state index is 13.8. The molecule has 0 saturated heterocycles. The first-order valence-corrected chi connectivity index (χ1v) is 13.8. The van der Waals surface area contributed by atoms with E-state index < -0.39 is 6.04 Å². The van der Waals surface area contributed by atoms with Crippen molar-refractivity contribution in [2.45, 2.75) is 45.6 Å². The first-order chi connectivity index (χ1) is 17.8. The molecule has 2 aromatic carbocycles. The number of fused-ring (bicyclic) bond motifs is 2. The first kappa shape index (κ1) is 27.2. The minimum atomic E-state index is -0.572. The first-order valence-electron chi connectivity index (χ1n) is 13.0. The molecule has 0 N–H and O–H groups in total. The number of hydrogen-bond acceptors (Lipinski definition) is 6. The minimum absolute atomic E-state index is 0.118.